The minimum atomic E-state index is 0.978. The van der Waals surface area contributed by atoms with Crippen LogP contribution in [0.1, 0.15) is 30.9 Å². The second-order valence-electron chi connectivity index (χ2n) is 4.12. The Bertz CT molecular complexity index is 553. The van der Waals surface area contributed by atoms with Gasteiger partial charge in [-0.25, -0.2) is 0 Å². The van der Waals surface area contributed by atoms with Crippen LogP contribution in [0.5, 0.6) is 0 Å². The molecule has 80 valence electrons. The van der Waals surface area contributed by atoms with Gasteiger partial charge in [-0.3, -0.25) is 0 Å². The molecule has 0 unspecified atom stereocenters. The first-order chi connectivity index (χ1) is 7.79. The Balaban J connectivity index is 2.40. The third kappa shape index (κ3) is 2.44. The van der Waals surface area contributed by atoms with Crippen molar-refractivity contribution < 1.29 is 0 Å². The van der Waals surface area contributed by atoms with Gasteiger partial charge in [-0.2, -0.15) is 0 Å². The van der Waals surface area contributed by atoms with Gasteiger partial charge < -0.3 is 0 Å². The van der Waals surface area contributed by atoms with E-state index in [0.29, 0.717) is 0 Å². The van der Waals surface area contributed by atoms with E-state index in [1.807, 2.05) is 0 Å². The zero-order valence-electron chi connectivity index (χ0n) is 9.88. The number of hydrogen-bond acceptors (Lipinski definition) is 0. The molecule has 0 fully saturated rings. The summed E-state index contributed by atoms with van der Waals surface area (Å²) in [5.41, 5.74) is 2.41. The Morgan fingerprint density at radius 3 is 2.62 bits per heavy atom. The van der Waals surface area contributed by atoms with Crippen LogP contribution in [0.2, 0.25) is 0 Å². The normalized spacial score (nSPS) is 9.88. The van der Waals surface area contributed by atoms with Crippen LogP contribution in [0, 0.1) is 18.8 Å². The first kappa shape index (κ1) is 10.8. The van der Waals surface area contributed by atoms with Crippen LogP contribution in [0.25, 0.3) is 10.8 Å². The van der Waals surface area contributed by atoms with Crippen LogP contribution >= 0.6 is 0 Å². The summed E-state index contributed by atoms with van der Waals surface area (Å²) in [5.74, 6) is 6.39. The van der Waals surface area contributed by atoms with Crippen LogP contribution < -0.4 is 0 Å². The second kappa shape index (κ2) is 4.86. The highest BCUT2D eigenvalue weighted by molar-refractivity contribution is 5.84. The quantitative estimate of drug-likeness (QED) is 0.613. The van der Waals surface area contributed by atoms with Gasteiger partial charge in [-0.1, -0.05) is 48.6 Å². The number of hydrogen-bond donors (Lipinski definition) is 0. The van der Waals surface area contributed by atoms with Gasteiger partial charge in [0, 0.05) is 12.0 Å². The highest BCUT2D eigenvalue weighted by Gasteiger charge is 1.94. The third-order valence-electron chi connectivity index (χ3n) is 2.60. The fourth-order valence-corrected chi connectivity index (χ4v) is 1.73. The molecule has 0 amide bonds. The van der Waals surface area contributed by atoms with Gasteiger partial charge in [0.15, 0.2) is 0 Å². The van der Waals surface area contributed by atoms with Crippen molar-refractivity contribution in [3.8, 4) is 11.8 Å². The Hall–Kier alpha value is -1.74. The van der Waals surface area contributed by atoms with Crippen LogP contribution in [0.3, 0.4) is 0 Å². The Morgan fingerprint density at radius 1 is 1.00 bits per heavy atom. The predicted molar refractivity (Wildman–Crippen MR) is 70.5 cm³/mol. The highest BCUT2D eigenvalue weighted by atomic mass is 14.0. The number of benzene rings is 2. The second-order valence-corrected chi connectivity index (χ2v) is 4.12. The maximum absolute atomic E-state index is 3.21. The highest BCUT2D eigenvalue weighted by Crippen LogP contribution is 2.17. The van der Waals surface area contributed by atoms with E-state index in [-0.39, 0.29) is 0 Å². The molecule has 0 heterocycles. The van der Waals surface area contributed by atoms with Gasteiger partial charge in [-0.15, -0.1) is 0 Å². The van der Waals surface area contributed by atoms with Crippen molar-refractivity contribution in [3.63, 3.8) is 0 Å². The molecule has 0 N–H and O–H groups in total. The molecule has 0 radical (unpaired) electrons. The molecule has 0 aromatic heterocycles. The van der Waals surface area contributed by atoms with Crippen molar-refractivity contribution in [2.45, 2.75) is 26.7 Å². The lowest BCUT2D eigenvalue weighted by molar-refractivity contribution is 0.983. The van der Waals surface area contributed by atoms with Gasteiger partial charge in [-0.05, 0) is 36.2 Å². The van der Waals surface area contributed by atoms with Gasteiger partial charge in [0.25, 0.3) is 0 Å². The molecule has 0 heteroatoms. The van der Waals surface area contributed by atoms with Crippen LogP contribution in [0.4, 0.5) is 0 Å². The van der Waals surface area contributed by atoms with E-state index in [1.165, 1.54) is 16.3 Å². The van der Waals surface area contributed by atoms with Crippen molar-refractivity contribution >= 4 is 10.8 Å². The molecule has 0 bridgehead atoms. The van der Waals surface area contributed by atoms with E-state index in [0.717, 1.165) is 18.4 Å². The fourth-order valence-electron chi connectivity index (χ4n) is 1.73. The predicted octanol–water partition coefficient (Wildman–Crippen LogP) is 4.30. The van der Waals surface area contributed by atoms with E-state index >= 15 is 0 Å². The average Bonchev–Trinajstić information content (AvgIpc) is 2.29. The molecular formula is C16H16. The van der Waals surface area contributed by atoms with E-state index in [9.17, 15) is 0 Å². The summed E-state index contributed by atoms with van der Waals surface area (Å²) in [6.07, 6.45) is 2.10. The average molecular weight is 208 g/mol. The molecule has 0 saturated carbocycles. The van der Waals surface area contributed by atoms with E-state index in [2.05, 4.69) is 62.1 Å². The van der Waals surface area contributed by atoms with Crippen molar-refractivity contribution in [2.75, 3.05) is 0 Å². The van der Waals surface area contributed by atoms with Gasteiger partial charge in [0.1, 0.15) is 0 Å². The third-order valence-corrected chi connectivity index (χ3v) is 2.60. The number of rotatable bonds is 1. The van der Waals surface area contributed by atoms with Gasteiger partial charge in [0.2, 0.25) is 0 Å². The number of aryl methyl sites for hydroxylation is 1. The summed E-state index contributed by atoms with van der Waals surface area (Å²) in [4.78, 5) is 0. The minimum absolute atomic E-state index is 0.978. The zero-order valence-corrected chi connectivity index (χ0v) is 9.88. The Labute approximate surface area is 97.3 Å². The first-order valence-corrected chi connectivity index (χ1v) is 5.79. The SMILES string of the molecule is CCCC#Cc1ccc2ccc(C)cc2c1. The monoisotopic (exact) mass is 208 g/mol. The Kier molecular flexibility index (Phi) is 3.27. The molecule has 0 aliphatic rings. The summed E-state index contributed by atoms with van der Waals surface area (Å²) in [6, 6.07) is 12.9. The molecule has 16 heavy (non-hydrogen) atoms. The Morgan fingerprint density at radius 2 is 1.81 bits per heavy atom. The lowest BCUT2D eigenvalue weighted by Crippen LogP contribution is -1.78. The zero-order chi connectivity index (χ0) is 11.4. The van der Waals surface area contributed by atoms with Crippen LogP contribution in [0.15, 0.2) is 36.4 Å². The van der Waals surface area contributed by atoms with Gasteiger partial charge >= 0.3 is 0 Å². The summed E-state index contributed by atoms with van der Waals surface area (Å²) in [7, 11) is 0. The fraction of sp³-hybridized carbons (Fsp3) is 0.250. The first-order valence-electron chi connectivity index (χ1n) is 5.79. The lowest BCUT2D eigenvalue weighted by atomic mass is 10.0. The number of unbranched alkanes of at least 4 members (excludes halogenated alkanes) is 1. The lowest BCUT2D eigenvalue weighted by Gasteiger charge is -1.99. The molecule has 0 saturated heterocycles. The molecule has 2 aromatic rings. The maximum Gasteiger partial charge on any atom is 0.0251 e. The molecule has 2 rings (SSSR count). The van der Waals surface area contributed by atoms with Crippen molar-refractivity contribution in [3.05, 3.63) is 47.5 Å². The van der Waals surface area contributed by atoms with Crippen LogP contribution in [-0.4, -0.2) is 0 Å². The molecule has 0 aliphatic heterocycles. The smallest absolute Gasteiger partial charge is 0.0251 e. The molecule has 2 aromatic carbocycles. The summed E-state index contributed by atoms with van der Waals surface area (Å²) in [5, 5.41) is 2.56. The van der Waals surface area contributed by atoms with Crippen molar-refractivity contribution in [1.29, 1.82) is 0 Å². The maximum atomic E-state index is 3.21. The summed E-state index contributed by atoms with van der Waals surface area (Å²) in [6.45, 7) is 4.27. The van der Waals surface area contributed by atoms with Crippen molar-refractivity contribution in [1.82, 2.24) is 0 Å². The van der Waals surface area contributed by atoms with Crippen molar-refractivity contribution in [2.24, 2.45) is 0 Å². The van der Waals surface area contributed by atoms with E-state index in [4.69, 9.17) is 0 Å². The molecular weight excluding hydrogens is 192 g/mol. The van der Waals surface area contributed by atoms with Crippen LogP contribution in [-0.2, 0) is 0 Å². The summed E-state index contributed by atoms with van der Waals surface area (Å²) < 4.78 is 0. The molecule has 0 spiro atoms. The molecule has 0 aliphatic carbocycles. The van der Waals surface area contributed by atoms with E-state index in [1.54, 1.807) is 0 Å². The minimum Gasteiger partial charge on any atom is -0.0979 e. The van der Waals surface area contributed by atoms with Gasteiger partial charge in [0.05, 0.1) is 0 Å². The molecule has 0 nitrogen and oxygen atoms in total. The molecule has 0 atom stereocenters. The number of fused-ring (bicyclic) bond motifs is 1. The van der Waals surface area contributed by atoms with E-state index < -0.39 is 0 Å². The standard InChI is InChI=1S/C16H16/c1-3-4-5-6-14-8-10-15-9-7-13(2)11-16(15)12-14/h7-12H,3-4H2,1-2H3. The summed E-state index contributed by atoms with van der Waals surface area (Å²) >= 11 is 0. The topological polar surface area (TPSA) is 0 Å². The largest absolute Gasteiger partial charge is 0.0979 e.